The number of ether oxygens (including phenoxy) is 1. The van der Waals surface area contributed by atoms with E-state index in [0.717, 1.165) is 31.6 Å². The van der Waals surface area contributed by atoms with Gasteiger partial charge in [0.1, 0.15) is 0 Å². The predicted octanol–water partition coefficient (Wildman–Crippen LogP) is 2.62. The van der Waals surface area contributed by atoms with Crippen LogP contribution in [0.2, 0.25) is 0 Å². The quantitative estimate of drug-likeness (QED) is 0.734. The van der Waals surface area contributed by atoms with Crippen molar-refractivity contribution in [2.75, 3.05) is 46.4 Å². The minimum atomic E-state index is 0.316. The van der Waals surface area contributed by atoms with Crippen molar-refractivity contribution >= 4 is 0 Å². The van der Waals surface area contributed by atoms with E-state index in [0.29, 0.717) is 5.41 Å². The van der Waals surface area contributed by atoms with Gasteiger partial charge in [0.2, 0.25) is 0 Å². The molecule has 1 heterocycles. The van der Waals surface area contributed by atoms with Crippen molar-refractivity contribution in [3.05, 3.63) is 0 Å². The summed E-state index contributed by atoms with van der Waals surface area (Å²) >= 11 is 0. The van der Waals surface area contributed by atoms with Crippen molar-refractivity contribution in [2.24, 2.45) is 17.3 Å². The van der Waals surface area contributed by atoms with Crippen molar-refractivity contribution in [1.29, 1.82) is 0 Å². The molecule has 0 aromatic heterocycles. The fraction of sp³-hybridized carbons (Fsp3) is 1.00. The van der Waals surface area contributed by atoms with Crippen molar-refractivity contribution in [1.82, 2.24) is 10.2 Å². The molecule has 1 fully saturated rings. The Morgan fingerprint density at radius 3 is 2.21 bits per heavy atom. The Labute approximate surface area is 120 Å². The van der Waals surface area contributed by atoms with Crippen LogP contribution in [0.4, 0.5) is 0 Å². The molecule has 1 unspecified atom stereocenters. The SMILES string of the molecule is CNCC1(CN(CC(C)C)CC(C)C)CCCOC1. The second-order valence-electron chi connectivity index (χ2n) is 7.17. The molecular formula is C16H34N2O. The summed E-state index contributed by atoms with van der Waals surface area (Å²) in [6.07, 6.45) is 2.50. The number of nitrogens with one attached hydrogen (secondary N) is 1. The summed E-state index contributed by atoms with van der Waals surface area (Å²) in [5, 5.41) is 3.38. The fourth-order valence-corrected chi connectivity index (χ4v) is 3.32. The molecule has 1 N–H and O–H groups in total. The topological polar surface area (TPSA) is 24.5 Å². The number of rotatable bonds is 8. The molecule has 1 rings (SSSR count). The van der Waals surface area contributed by atoms with E-state index in [-0.39, 0.29) is 0 Å². The van der Waals surface area contributed by atoms with E-state index in [1.165, 1.54) is 32.5 Å². The van der Waals surface area contributed by atoms with E-state index in [1.807, 2.05) is 0 Å². The van der Waals surface area contributed by atoms with Gasteiger partial charge in [0.15, 0.2) is 0 Å². The lowest BCUT2D eigenvalue weighted by molar-refractivity contribution is -0.0284. The first kappa shape index (κ1) is 16.9. The fourth-order valence-electron chi connectivity index (χ4n) is 3.32. The monoisotopic (exact) mass is 270 g/mol. The van der Waals surface area contributed by atoms with Crippen molar-refractivity contribution < 1.29 is 4.74 Å². The van der Waals surface area contributed by atoms with E-state index in [2.05, 4.69) is 45.0 Å². The molecule has 3 heteroatoms. The first-order valence-electron chi connectivity index (χ1n) is 7.92. The van der Waals surface area contributed by atoms with Crippen LogP contribution in [-0.4, -0.2) is 51.3 Å². The zero-order chi connectivity index (χ0) is 14.3. The Balaban J connectivity index is 2.65. The van der Waals surface area contributed by atoms with E-state index >= 15 is 0 Å². The van der Waals surface area contributed by atoms with Gasteiger partial charge < -0.3 is 15.0 Å². The van der Waals surface area contributed by atoms with Gasteiger partial charge in [-0.1, -0.05) is 27.7 Å². The molecule has 114 valence electrons. The van der Waals surface area contributed by atoms with Crippen LogP contribution in [0.1, 0.15) is 40.5 Å². The molecule has 0 bridgehead atoms. The van der Waals surface area contributed by atoms with E-state index < -0.39 is 0 Å². The van der Waals surface area contributed by atoms with Gasteiger partial charge in [-0.25, -0.2) is 0 Å². The van der Waals surface area contributed by atoms with E-state index in [9.17, 15) is 0 Å². The third kappa shape index (κ3) is 6.24. The van der Waals surface area contributed by atoms with Gasteiger partial charge in [-0.15, -0.1) is 0 Å². The maximum Gasteiger partial charge on any atom is 0.0546 e. The van der Waals surface area contributed by atoms with Gasteiger partial charge in [-0.05, 0) is 31.7 Å². The lowest BCUT2D eigenvalue weighted by Gasteiger charge is -2.41. The summed E-state index contributed by atoms with van der Waals surface area (Å²) in [7, 11) is 2.06. The van der Waals surface area contributed by atoms with Gasteiger partial charge in [0.25, 0.3) is 0 Å². The lowest BCUT2D eigenvalue weighted by Crippen LogP contribution is -2.49. The molecule has 19 heavy (non-hydrogen) atoms. The average molecular weight is 270 g/mol. The predicted molar refractivity (Wildman–Crippen MR) is 82.5 cm³/mol. The van der Waals surface area contributed by atoms with Crippen molar-refractivity contribution in [2.45, 2.75) is 40.5 Å². The maximum atomic E-state index is 5.78. The summed E-state index contributed by atoms with van der Waals surface area (Å²) in [6.45, 7) is 15.8. The second-order valence-corrected chi connectivity index (χ2v) is 7.17. The zero-order valence-electron chi connectivity index (χ0n) is 13.7. The molecule has 0 aromatic carbocycles. The van der Waals surface area contributed by atoms with Crippen LogP contribution in [0, 0.1) is 17.3 Å². The summed E-state index contributed by atoms with van der Waals surface area (Å²) in [5.41, 5.74) is 0.316. The Hall–Kier alpha value is -0.120. The Morgan fingerprint density at radius 2 is 1.79 bits per heavy atom. The highest BCUT2D eigenvalue weighted by Gasteiger charge is 2.34. The molecule has 0 aromatic rings. The molecule has 0 aliphatic carbocycles. The Kier molecular flexibility index (Phi) is 7.33. The summed E-state index contributed by atoms with van der Waals surface area (Å²) in [4.78, 5) is 2.65. The van der Waals surface area contributed by atoms with Gasteiger partial charge in [0.05, 0.1) is 6.61 Å². The molecule has 1 saturated heterocycles. The van der Waals surface area contributed by atoms with Crippen LogP contribution in [0.25, 0.3) is 0 Å². The highest BCUT2D eigenvalue weighted by atomic mass is 16.5. The van der Waals surface area contributed by atoms with Gasteiger partial charge in [0, 0.05) is 38.2 Å². The molecule has 0 amide bonds. The summed E-state index contributed by atoms with van der Waals surface area (Å²) in [6, 6.07) is 0. The normalized spacial score (nSPS) is 24.6. The van der Waals surface area contributed by atoms with Gasteiger partial charge in [-0.3, -0.25) is 0 Å². The summed E-state index contributed by atoms with van der Waals surface area (Å²) < 4.78 is 5.78. The standard InChI is InChI=1S/C16H34N2O/c1-14(2)9-18(10-15(3)4)12-16(11-17-5)7-6-8-19-13-16/h14-15,17H,6-13H2,1-5H3. The van der Waals surface area contributed by atoms with Crippen LogP contribution >= 0.6 is 0 Å². The molecule has 1 atom stereocenters. The third-order valence-electron chi connectivity index (χ3n) is 3.76. The molecule has 0 radical (unpaired) electrons. The minimum absolute atomic E-state index is 0.316. The van der Waals surface area contributed by atoms with Crippen LogP contribution < -0.4 is 5.32 Å². The Bertz CT molecular complexity index is 219. The second kappa shape index (κ2) is 8.23. The highest BCUT2D eigenvalue weighted by Crippen LogP contribution is 2.29. The van der Waals surface area contributed by atoms with Crippen molar-refractivity contribution in [3.8, 4) is 0 Å². The molecular weight excluding hydrogens is 236 g/mol. The van der Waals surface area contributed by atoms with Crippen LogP contribution in [0.15, 0.2) is 0 Å². The number of hydrogen-bond donors (Lipinski definition) is 1. The van der Waals surface area contributed by atoms with E-state index in [4.69, 9.17) is 4.74 Å². The zero-order valence-corrected chi connectivity index (χ0v) is 13.7. The third-order valence-corrected chi connectivity index (χ3v) is 3.76. The van der Waals surface area contributed by atoms with Gasteiger partial charge in [-0.2, -0.15) is 0 Å². The maximum absolute atomic E-state index is 5.78. The first-order chi connectivity index (χ1) is 8.97. The highest BCUT2D eigenvalue weighted by molar-refractivity contribution is 4.87. The first-order valence-corrected chi connectivity index (χ1v) is 7.92. The molecule has 0 saturated carbocycles. The van der Waals surface area contributed by atoms with Crippen LogP contribution in [0.3, 0.4) is 0 Å². The number of nitrogens with zero attached hydrogens (tertiary/aromatic N) is 1. The largest absolute Gasteiger partial charge is 0.381 e. The number of hydrogen-bond acceptors (Lipinski definition) is 3. The van der Waals surface area contributed by atoms with E-state index in [1.54, 1.807) is 0 Å². The minimum Gasteiger partial charge on any atom is -0.381 e. The van der Waals surface area contributed by atoms with Crippen LogP contribution in [0.5, 0.6) is 0 Å². The van der Waals surface area contributed by atoms with Crippen LogP contribution in [-0.2, 0) is 4.74 Å². The van der Waals surface area contributed by atoms with Gasteiger partial charge >= 0.3 is 0 Å². The van der Waals surface area contributed by atoms with Crippen molar-refractivity contribution in [3.63, 3.8) is 0 Å². The molecule has 1 aliphatic heterocycles. The molecule has 0 spiro atoms. The molecule has 1 aliphatic rings. The Morgan fingerprint density at radius 1 is 1.16 bits per heavy atom. The lowest BCUT2D eigenvalue weighted by atomic mass is 9.81. The smallest absolute Gasteiger partial charge is 0.0546 e. The molecule has 3 nitrogen and oxygen atoms in total. The summed E-state index contributed by atoms with van der Waals surface area (Å²) in [5.74, 6) is 1.46. The average Bonchev–Trinajstić information content (AvgIpc) is 2.28.